The van der Waals surface area contributed by atoms with Crippen molar-refractivity contribution in [2.24, 2.45) is 0 Å². The molecule has 0 fully saturated rings. The first-order chi connectivity index (χ1) is 12.5. The van der Waals surface area contributed by atoms with Crippen molar-refractivity contribution in [2.45, 2.75) is 59.8 Å². The number of hydrogen-bond donors (Lipinski definition) is 2. The van der Waals surface area contributed by atoms with E-state index in [0.29, 0.717) is 17.7 Å². The summed E-state index contributed by atoms with van der Waals surface area (Å²) in [6.45, 7) is 9.08. The van der Waals surface area contributed by atoms with E-state index >= 15 is 0 Å². The molecule has 5 nitrogen and oxygen atoms in total. The highest BCUT2D eigenvalue weighted by Crippen LogP contribution is 2.25. The predicted octanol–water partition coefficient (Wildman–Crippen LogP) is 5.15. The van der Waals surface area contributed by atoms with E-state index < -0.39 is 0 Å². The summed E-state index contributed by atoms with van der Waals surface area (Å²) in [6.07, 6.45) is 8.56. The lowest BCUT2D eigenvalue weighted by Crippen LogP contribution is -2.11. The normalized spacial score (nSPS) is 14.1. The number of allylic oxidation sites excluding steroid dienone is 1. The monoisotopic (exact) mass is 351 g/mol. The molecular formula is C21H29N5. The average molecular weight is 351 g/mol. The molecule has 1 aliphatic rings. The Balaban J connectivity index is 1.68. The lowest BCUT2D eigenvalue weighted by Gasteiger charge is -2.15. The Labute approximate surface area is 156 Å². The quantitative estimate of drug-likeness (QED) is 0.705. The van der Waals surface area contributed by atoms with Gasteiger partial charge in [0.15, 0.2) is 0 Å². The van der Waals surface area contributed by atoms with Crippen molar-refractivity contribution in [3.63, 3.8) is 0 Å². The molecule has 0 radical (unpaired) electrons. The Kier molecular flexibility index (Phi) is 5.86. The van der Waals surface area contributed by atoms with E-state index in [1.54, 1.807) is 5.57 Å². The van der Waals surface area contributed by atoms with Crippen LogP contribution in [0.4, 0.5) is 17.6 Å². The van der Waals surface area contributed by atoms with Gasteiger partial charge in [0, 0.05) is 12.2 Å². The fourth-order valence-corrected chi connectivity index (χ4v) is 3.57. The van der Waals surface area contributed by atoms with Gasteiger partial charge < -0.3 is 10.6 Å². The highest BCUT2D eigenvalue weighted by Gasteiger charge is 2.09. The van der Waals surface area contributed by atoms with Crippen molar-refractivity contribution in [1.29, 1.82) is 0 Å². The molecule has 1 aromatic heterocycles. The van der Waals surface area contributed by atoms with Gasteiger partial charge in [-0.2, -0.15) is 15.0 Å². The lowest BCUT2D eigenvalue weighted by molar-refractivity contribution is 0.679. The van der Waals surface area contributed by atoms with Crippen LogP contribution in [0.3, 0.4) is 0 Å². The number of nitrogens with zero attached hydrogens (tertiary/aromatic N) is 3. The number of nitrogens with one attached hydrogen (secondary N) is 2. The molecule has 0 atom stereocenters. The van der Waals surface area contributed by atoms with Crippen LogP contribution in [-0.4, -0.2) is 21.5 Å². The van der Waals surface area contributed by atoms with Gasteiger partial charge in [0.25, 0.3) is 0 Å². The number of aryl methyl sites for hydroxylation is 4. The van der Waals surface area contributed by atoms with E-state index in [-0.39, 0.29) is 0 Å². The van der Waals surface area contributed by atoms with E-state index in [4.69, 9.17) is 0 Å². The summed E-state index contributed by atoms with van der Waals surface area (Å²) in [5, 5.41) is 6.73. The number of rotatable bonds is 6. The molecule has 0 saturated carbocycles. The largest absolute Gasteiger partial charge is 0.354 e. The van der Waals surface area contributed by atoms with Gasteiger partial charge >= 0.3 is 0 Å². The third-order valence-electron chi connectivity index (χ3n) is 4.78. The maximum Gasteiger partial charge on any atom is 0.232 e. The zero-order valence-electron chi connectivity index (χ0n) is 16.3. The molecule has 26 heavy (non-hydrogen) atoms. The Hall–Kier alpha value is -2.43. The average Bonchev–Trinajstić information content (AvgIpc) is 2.59. The molecule has 0 aliphatic heterocycles. The molecule has 0 spiro atoms. The second kappa shape index (κ2) is 8.30. The Morgan fingerprint density at radius 3 is 2.35 bits per heavy atom. The molecule has 0 unspecified atom stereocenters. The smallest absolute Gasteiger partial charge is 0.232 e. The van der Waals surface area contributed by atoms with Crippen LogP contribution in [0.2, 0.25) is 0 Å². The summed E-state index contributed by atoms with van der Waals surface area (Å²) >= 11 is 0. The molecule has 3 rings (SSSR count). The second-order valence-electron chi connectivity index (χ2n) is 7.21. The molecular weight excluding hydrogens is 322 g/mol. The molecule has 138 valence electrons. The topological polar surface area (TPSA) is 62.7 Å². The Morgan fingerprint density at radius 2 is 1.65 bits per heavy atom. The van der Waals surface area contributed by atoms with Crippen molar-refractivity contribution >= 4 is 17.6 Å². The molecule has 1 aliphatic carbocycles. The van der Waals surface area contributed by atoms with Crippen LogP contribution >= 0.6 is 0 Å². The number of aromatic nitrogens is 3. The standard InChI is InChI=1S/C21H29N5/c1-14-12-15(2)19(16(3)13-14)25-21-24-17(4)23-20(26-21)22-11-10-18-8-6-5-7-9-18/h8,12-13H,5-7,9-11H2,1-4H3,(H2,22,23,24,25,26). The fraction of sp³-hybridized carbons (Fsp3) is 0.476. The van der Waals surface area contributed by atoms with Gasteiger partial charge in [-0.15, -0.1) is 0 Å². The summed E-state index contributed by atoms with van der Waals surface area (Å²) in [5.41, 5.74) is 6.27. The maximum absolute atomic E-state index is 4.55. The van der Waals surface area contributed by atoms with Gasteiger partial charge in [-0.05, 0) is 70.9 Å². The highest BCUT2D eigenvalue weighted by atomic mass is 15.2. The Morgan fingerprint density at radius 1 is 0.923 bits per heavy atom. The minimum Gasteiger partial charge on any atom is -0.354 e. The van der Waals surface area contributed by atoms with Gasteiger partial charge in [0.1, 0.15) is 5.82 Å². The van der Waals surface area contributed by atoms with Crippen LogP contribution in [0.5, 0.6) is 0 Å². The number of anilines is 3. The molecule has 2 N–H and O–H groups in total. The first kappa shape index (κ1) is 18.4. The third-order valence-corrected chi connectivity index (χ3v) is 4.78. The van der Waals surface area contributed by atoms with Gasteiger partial charge in [-0.1, -0.05) is 29.3 Å². The van der Waals surface area contributed by atoms with Crippen LogP contribution in [-0.2, 0) is 0 Å². The summed E-state index contributed by atoms with van der Waals surface area (Å²) < 4.78 is 0. The van der Waals surface area contributed by atoms with Crippen molar-refractivity contribution in [2.75, 3.05) is 17.2 Å². The van der Waals surface area contributed by atoms with Gasteiger partial charge in [0.05, 0.1) is 0 Å². The SMILES string of the molecule is Cc1cc(C)c(Nc2nc(C)nc(NCCC3=CCCCC3)n2)c(C)c1. The summed E-state index contributed by atoms with van der Waals surface area (Å²) in [5.74, 6) is 1.94. The molecule has 0 amide bonds. The number of benzene rings is 1. The van der Waals surface area contributed by atoms with Crippen LogP contribution < -0.4 is 10.6 Å². The fourth-order valence-electron chi connectivity index (χ4n) is 3.57. The highest BCUT2D eigenvalue weighted by molar-refractivity contribution is 5.64. The van der Waals surface area contributed by atoms with Gasteiger partial charge in [-0.3, -0.25) is 0 Å². The lowest BCUT2D eigenvalue weighted by atomic mass is 9.97. The summed E-state index contributed by atoms with van der Waals surface area (Å²) in [7, 11) is 0. The van der Waals surface area contributed by atoms with Crippen LogP contribution in [0.25, 0.3) is 0 Å². The van der Waals surface area contributed by atoms with Crippen molar-refractivity contribution in [3.8, 4) is 0 Å². The maximum atomic E-state index is 4.55. The third kappa shape index (κ3) is 4.81. The van der Waals surface area contributed by atoms with Crippen molar-refractivity contribution < 1.29 is 0 Å². The zero-order valence-corrected chi connectivity index (χ0v) is 16.3. The minimum atomic E-state index is 0.590. The summed E-state index contributed by atoms with van der Waals surface area (Å²) in [6, 6.07) is 4.33. The van der Waals surface area contributed by atoms with Crippen molar-refractivity contribution in [1.82, 2.24) is 15.0 Å². The second-order valence-corrected chi connectivity index (χ2v) is 7.21. The molecule has 2 aromatic rings. The first-order valence-electron chi connectivity index (χ1n) is 9.50. The zero-order chi connectivity index (χ0) is 18.5. The predicted molar refractivity (Wildman–Crippen MR) is 108 cm³/mol. The molecule has 1 aromatic carbocycles. The van der Waals surface area contributed by atoms with E-state index in [0.717, 1.165) is 18.7 Å². The van der Waals surface area contributed by atoms with Gasteiger partial charge in [-0.25, -0.2) is 0 Å². The van der Waals surface area contributed by atoms with Gasteiger partial charge in [0.2, 0.25) is 11.9 Å². The number of hydrogen-bond acceptors (Lipinski definition) is 5. The summed E-state index contributed by atoms with van der Waals surface area (Å²) in [4.78, 5) is 13.4. The van der Waals surface area contributed by atoms with E-state index in [9.17, 15) is 0 Å². The first-order valence-corrected chi connectivity index (χ1v) is 9.50. The minimum absolute atomic E-state index is 0.590. The Bertz CT molecular complexity index is 787. The van der Waals surface area contributed by atoms with Crippen molar-refractivity contribution in [3.05, 3.63) is 46.3 Å². The van der Waals surface area contributed by atoms with E-state index in [1.807, 2.05) is 6.92 Å². The molecule has 0 bridgehead atoms. The molecule has 5 heteroatoms. The van der Waals surface area contributed by atoms with Crippen LogP contribution in [0.1, 0.15) is 54.6 Å². The van der Waals surface area contributed by atoms with Crippen LogP contribution in [0.15, 0.2) is 23.8 Å². The molecule has 0 saturated heterocycles. The van der Waals surface area contributed by atoms with Crippen LogP contribution in [0, 0.1) is 27.7 Å². The van der Waals surface area contributed by atoms with E-state index in [2.05, 4.69) is 64.6 Å². The van der Waals surface area contributed by atoms with E-state index in [1.165, 1.54) is 42.4 Å². The molecule has 1 heterocycles.